The van der Waals surface area contributed by atoms with E-state index in [1.165, 1.54) is 70.6 Å². The topological polar surface area (TPSA) is 0 Å². The van der Waals surface area contributed by atoms with Crippen LogP contribution in [0.3, 0.4) is 0 Å². The highest BCUT2D eigenvalue weighted by atomic mass is 19.4. The van der Waals surface area contributed by atoms with Crippen LogP contribution >= 0.6 is 0 Å². The Morgan fingerprint density at radius 2 is 1.24 bits per heavy atom. The van der Waals surface area contributed by atoms with Gasteiger partial charge in [-0.15, -0.1) is 0 Å². The van der Waals surface area contributed by atoms with E-state index in [0.717, 1.165) is 43.7 Å². The molecule has 0 aromatic heterocycles. The van der Waals surface area contributed by atoms with Crippen LogP contribution in [0.2, 0.25) is 0 Å². The fourth-order valence-electron chi connectivity index (χ4n) is 5.94. The molecule has 0 amide bonds. The number of hydrogen-bond donors (Lipinski definition) is 0. The molecule has 1 aromatic carbocycles. The zero-order valence-electron chi connectivity index (χ0n) is 20.6. The summed E-state index contributed by atoms with van der Waals surface area (Å²) in [6.45, 7) is 2.26. The first kappa shape index (κ1) is 27.2. The molecule has 2 aliphatic rings. The minimum atomic E-state index is -5.01. The number of hydrogen-bond acceptors (Lipinski definition) is 0. The van der Waals surface area contributed by atoms with Gasteiger partial charge in [-0.05, 0) is 92.7 Å². The van der Waals surface area contributed by atoms with E-state index < -0.39 is 23.4 Å². The minimum absolute atomic E-state index is 0.0756. The normalized spacial score (nSPS) is 26.3. The Kier molecular flexibility index (Phi) is 10.5. The van der Waals surface area contributed by atoms with E-state index in [4.69, 9.17) is 0 Å². The molecule has 0 heterocycles. The van der Waals surface area contributed by atoms with Crippen molar-refractivity contribution in [2.45, 2.75) is 115 Å². The van der Waals surface area contributed by atoms with Gasteiger partial charge in [0.05, 0.1) is 0 Å². The summed E-state index contributed by atoms with van der Waals surface area (Å²) in [6, 6.07) is 1.77. The van der Waals surface area contributed by atoms with E-state index in [2.05, 4.69) is 19.1 Å². The van der Waals surface area contributed by atoms with Crippen LogP contribution in [0.4, 0.5) is 22.0 Å². The van der Waals surface area contributed by atoms with E-state index in [1.54, 1.807) is 0 Å². The number of rotatable bonds is 10. The molecule has 192 valence electrons. The molecule has 0 saturated heterocycles. The third kappa shape index (κ3) is 8.09. The second-order valence-corrected chi connectivity index (χ2v) is 10.7. The average Bonchev–Trinajstić information content (AvgIpc) is 2.79. The monoisotopic (exact) mass is 484 g/mol. The van der Waals surface area contributed by atoms with Crippen LogP contribution in [0.5, 0.6) is 0 Å². The first-order valence-electron chi connectivity index (χ1n) is 13.5. The Balaban J connectivity index is 1.38. The summed E-state index contributed by atoms with van der Waals surface area (Å²) in [5, 5.41) is 0. The van der Waals surface area contributed by atoms with Crippen molar-refractivity contribution < 1.29 is 22.0 Å². The largest absolute Gasteiger partial charge is 0.422 e. The van der Waals surface area contributed by atoms with Crippen LogP contribution in [-0.4, -0.2) is 0 Å². The lowest BCUT2D eigenvalue weighted by atomic mass is 9.76. The van der Waals surface area contributed by atoms with Gasteiger partial charge in [0.25, 0.3) is 0 Å². The lowest BCUT2D eigenvalue weighted by Gasteiger charge is -2.29. The molecule has 0 spiro atoms. The molecular weight excluding hydrogens is 443 g/mol. The van der Waals surface area contributed by atoms with Crippen LogP contribution in [0.1, 0.15) is 120 Å². The molecule has 5 heteroatoms. The summed E-state index contributed by atoms with van der Waals surface area (Å²) >= 11 is 0. The summed E-state index contributed by atoms with van der Waals surface area (Å²) in [6.07, 6.45) is 17.9. The zero-order chi connectivity index (χ0) is 24.6. The first-order valence-corrected chi connectivity index (χ1v) is 13.5. The summed E-state index contributed by atoms with van der Waals surface area (Å²) in [5.41, 5.74) is -1.43. The van der Waals surface area contributed by atoms with E-state index in [0.29, 0.717) is 17.4 Å². The van der Waals surface area contributed by atoms with Gasteiger partial charge in [0.2, 0.25) is 0 Å². The molecule has 0 nitrogen and oxygen atoms in total. The second kappa shape index (κ2) is 13.1. The summed E-state index contributed by atoms with van der Waals surface area (Å²) in [4.78, 5) is 0. The highest BCUT2D eigenvalue weighted by molar-refractivity contribution is 5.31. The molecule has 0 unspecified atom stereocenters. The molecule has 34 heavy (non-hydrogen) atoms. The van der Waals surface area contributed by atoms with Crippen molar-refractivity contribution in [2.24, 2.45) is 17.8 Å². The number of alkyl halides is 3. The lowest BCUT2D eigenvalue weighted by Crippen LogP contribution is -2.16. The van der Waals surface area contributed by atoms with E-state index in [9.17, 15) is 22.0 Å². The van der Waals surface area contributed by atoms with Crippen molar-refractivity contribution in [2.75, 3.05) is 0 Å². The van der Waals surface area contributed by atoms with Gasteiger partial charge in [0.15, 0.2) is 0 Å². The highest BCUT2D eigenvalue weighted by Crippen LogP contribution is 2.40. The van der Waals surface area contributed by atoms with Gasteiger partial charge in [0, 0.05) is 0 Å². The predicted molar refractivity (Wildman–Crippen MR) is 129 cm³/mol. The van der Waals surface area contributed by atoms with Crippen LogP contribution in [0, 0.1) is 29.4 Å². The van der Waals surface area contributed by atoms with Crippen molar-refractivity contribution in [1.82, 2.24) is 0 Å². The number of benzene rings is 1. The molecule has 0 bridgehead atoms. The van der Waals surface area contributed by atoms with Gasteiger partial charge in [-0.1, -0.05) is 64.0 Å². The average molecular weight is 485 g/mol. The summed E-state index contributed by atoms with van der Waals surface area (Å²) in [5.74, 6) is -1.06. The van der Waals surface area contributed by atoms with Gasteiger partial charge in [-0.2, -0.15) is 13.2 Å². The Morgan fingerprint density at radius 1 is 0.735 bits per heavy atom. The lowest BCUT2D eigenvalue weighted by molar-refractivity contribution is -0.142. The molecule has 0 radical (unpaired) electrons. The summed E-state index contributed by atoms with van der Waals surface area (Å²) in [7, 11) is 0. The van der Waals surface area contributed by atoms with Gasteiger partial charge >= 0.3 is 6.18 Å². The van der Waals surface area contributed by atoms with Gasteiger partial charge in [-0.25, -0.2) is 8.78 Å². The molecule has 2 saturated carbocycles. The fourth-order valence-corrected chi connectivity index (χ4v) is 5.94. The van der Waals surface area contributed by atoms with Crippen molar-refractivity contribution in [3.8, 4) is 0 Å². The quantitative estimate of drug-likeness (QED) is 0.176. The third-order valence-electron chi connectivity index (χ3n) is 8.10. The zero-order valence-corrected chi connectivity index (χ0v) is 20.6. The minimum Gasteiger partial charge on any atom is -0.206 e. The van der Waals surface area contributed by atoms with Crippen LogP contribution in [-0.2, 0) is 6.18 Å². The predicted octanol–water partition coefficient (Wildman–Crippen LogP) is 10.4. The Labute approximate surface area is 202 Å². The first-order chi connectivity index (χ1) is 16.3. The second-order valence-electron chi connectivity index (χ2n) is 10.7. The van der Waals surface area contributed by atoms with Crippen LogP contribution < -0.4 is 0 Å². The Bertz CT molecular complexity index is 742. The van der Waals surface area contributed by atoms with Crippen molar-refractivity contribution in [3.05, 3.63) is 47.0 Å². The summed E-state index contributed by atoms with van der Waals surface area (Å²) < 4.78 is 66.3. The van der Waals surface area contributed by atoms with E-state index in [-0.39, 0.29) is 5.92 Å². The fraction of sp³-hybridized carbons (Fsp3) is 0.724. The molecule has 1 aromatic rings. The maximum absolute atomic E-state index is 14.0. The molecule has 0 atom stereocenters. The van der Waals surface area contributed by atoms with Gasteiger partial charge in [0.1, 0.15) is 17.2 Å². The molecule has 0 N–H and O–H groups in total. The third-order valence-corrected chi connectivity index (χ3v) is 8.10. The number of unbranched alkanes of at least 4 members (excludes halogenated alkanes) is 5. The Hall–Kier alpha value is -1.39. The van der Waals surface area contributed by atoms with Crippen molar-refractivity contribution >= 4 is 0 Å². The van der Waals surface area contributed by atoms with Crippen molar-refractivity contribution in [3.63, 3.8) is 0 Å². The molecule has 3 rings (SSSR count). The molecule has 0 aliphatic heterocycles. The molecular formula is C29H41F5. The molecule has 2 aliphatic carbocycles. The highest BCUT2D eigenvalue weighted by Gasteiger charge is 2.38. The maximum atomic E-state index is 14.0. The van der Waals surface area contributed by atoms with Crippen LogP contribution in [0.15, 0.2) is 24.3 Å². The van der Waals surface area contributed by atoms with Gasteiger partial charge in [-0.3, -0.25) is 0 Å². The van der Waals surface area contributed by atoms with Crippen molar-refractivity contribution in [1.29, 1.82) is 0 Å². The van der Waals surface area contributed by atoms with E-state index >= 15 is 0 Å². The maximum Gasteiger partial charge on any atom is 0.422 e. The van der Waals surface area contributed by atoms with Crippen LogP contribution in [0.25, 0.3) is 0 Å². The number of halogens is 5. The van der Waals surface area contributed by atoms with E-state index in [1.807, 2.05) is 0 Å². The number of allylic oxidation sites excluding steroid dienone is 2. The molecule has 2 fully saturated rings. The Morgan fingerprint density at radius 3 is 1.76 bits per heavy atom. The standard InChI is InChI=1S/C29H41F5/c1-2-3-4-5-6-7-8-21-9-11-22(12-10-21)13-14-23-15-17-24(18-16-23)25-19-26(30)28(27(31)20-25)29(32,33)34/h13-14,19-24H,2-12,15-18H2,1H3/t21-,22-,23-,24-. The SMILES string of the molecule is CCCCCCCC[C@H]1CC[C@H](C=C[C@H]2CC[C@H](c3cc(F)c(C(F)(F)F)c(F)c3)CC2)CC1. The smallest absolute Gasteiger partial charge is 0.206 e. The van der Waals surface area contributed by atoms with Gasteiger partial charge < -0.3 is 0 Å².